The lowest BCUT2D eigenvalue weighted by atomic mass is 9.71. The summed E-state index contributed by atoms with van der Waals surface area (Å²) < 4.78 is 0. The topological polar surface area (TPSA) is 91.5 Å². The molecule has 3 aliphatic rings. The summed E-state index contributed by atoms with van der Waals surface area (Å²) in [5.41, 5.74) is 6.79. The SMILES string of the molecule is CC1(C)CN(c2ncnc(N3CC(N)C(N4CCCCC4=O)C3)n2)CC1(C)C. The van der Waals surface area contributed by atoms with Gasteiger partial charge < -0.3 is 20.4 Å². The number of nitrogens with zero attached hydrogens (tertiary/aromatic N) is 6. The summed E-state index contributed by atoms with van der Waals surface area (Å²) in [5, 5.41) is 0. The molecule has 3 fully saturated rings. The number of piperidine rings is 1. The molecule has 0 radical (unpaired) electrons. The fourth-order valence-corrected chi connectivity index (χ4v) is 4.65. The van der Waals surface area contributed by atoms with E-state index in [-0.39, 0.29) is 28.8 Å². The first-order chi connectivity index (χ1) is 13.2. The van der Waals surface area contributed by atoms with Crippen LogP contribution in [-0.2, 0) is 4.79 Å². The molecule has 0 spiro atoms. The second kappa shape index (κ2) is 6.83. The summed E-state index contributed by atoms with van der Waals surface area (Å²) >= 11 is 0. The number of hydrogen-bond acceptors (Lipinski definition) is 7. The van der Waals surface area contributed by atoms with Crippen molar-refractivity contribution in [3.63, 3.8) is 0 Å². The fraction of sp³-hybridized carbons (Fsp3) is 0.800. The molecule has 2 atom stereocenters. The summed E-state index contributed by atoms with van der Waals surface area (Å²) in [7, 11) is 0. The normalized spacial score (nSPS) is 29.6. The molecule has 8 nitrogen and oxygen atoms in total. The third-order valence-corrected chi connectivity index (χ3v) is 7.21. The van der Waals surface area contributed by atoms with Crippen molar-refractivity contribution in [1.29, 1.82) is 0 Å². The molecule has 28 heavy (non-hydrogen) atoms. The molecule has 1 amide bonds. The van der Waals surface area contributed by atoms with Crippen LogP contribution < -0.4 is 15.5 Å². The van der Waals surface area contributed by atoms with Crippen molar-refractivity contribution in [3.8, 4) is 0 Å². The van der Waals surface area contributed by atoms with Crippen molar-refractivity contribution in [3.05, 3.63) is 6.33 Å². The van der Waals surface area contributed by atoms with Gasteiger partial charge in [-0.1, -0.05) is 27.7 Å². The van der Waals surface area contributed by atoms with Gasteiger partial charge in [-0.3, -0.25) is 4.79 Å². The lowest BCUT2D eigenvalue weighted by Gasteiger charge is -2.34. The van der Waals surface area contributed by atoms with Gasteiger partial charge in [-0.15, -0.1) is 0 Å². The molecule has 2 N–H and O–H groups in total. The molecule has 0 saturated carbocycles. The molecule has 8 heteroatoms. The largest absolute Gasteiger partial charge is 0.340 e. The lowest BCUT2D eigenvalue weighted by Crippen LogP contribution is -2.51. The molecule has 4 heterocycles. The van der Waals surface area contributed by atoms with E-state index in [1.54, 1.807) is 6.33 Å². The molecule has 154 valence electrons. The zero-order chi connectivity index (χ0) is 20.1. The minimum atomic E-state index is -0.0769. The van der Waals surface area contributed by atoms with E-state index in [0.29, 0.717) is 25.5 Å². The summed E-state index contributed by atoms with van der Waals surface area (Å²) in [6.07, 6.45) is 4.28. The van der Waals surface area contributed by atoms with Gasteiger partial charge in [-0.25, -0.2) is 9.97 Å². The number of anilines is 2. The van der Waals surface area contributed by atoms with Crippen LogP contribution in [0.2, 0.25) is 0 Å². The Morgan fingerprint density at radius 1 is 1.00 bits per heavy atom. The highest BCUT2D eigenvalue weighted by molar-refractivity contribution is 5.77. The number of amides is 1. The molecule has 0 aliphatic carbocycles. The van der Waals surface area contributed by atoms with Crippen LogP contribution in [-0.4, -0.2) is 70.6 Å². The van der Waals surface area contributed by atoms with Crippen LogP contribution in [0.25, 0.3) is 0 Å². The minimum Gasteiger partial charge on any atom is -0.340 e. The molecule has 0 aromatic carbocycles. The van der Waals surface area contributed by atoms with E-state index in [1.807, 2.05) is 4.90 Å². The van der Waals surface area contributed by atoms with Gasteiger partial charge in [0.25, 0.3) is 0 Å². The van der Waals surface area contributed by atoms with Gasteiger partial charge in [-0.2, -0.15) is 4.98 Å². The summed E-state index contributed by atoms with van der Waals surface area (Å²) in [5.74, 6) is 1.62. The Kier molecular flexibility index (Phi) is 4.72. The average molecular weight is 388 g/mol. The standard InChI is InChI=1S/C20H33N7O/c1-19(2)11-26(12-20(19,3)4)18-23-13-22-17(24-18)25-9-14(21)15(10-25)27-8-6-5-7-16(27)28/h13-15H,5-12,21H2,1-4H3. The van der Waals surface area contributed by atoms with Gasteiger partial charge in [0.15, 0.2) is 0 Å². The highest BCUT2D eigenvalue weighted by Gasteiger charge is 2.46. The zero-order valence-corrected chi connectivity index (χ0v) is 17.6. The van der Waals surface area contributed by atoms with Crippen LogP contribution in [0.5, 0.6) is 0 Å². The predicted molar refractivity (Wildman–Crippen MR) is 109 cm³/mol. The van der Waals surface area contributed by atoms with E-state index >= 15 is 0 Å². The van der Waals surface area contributed by atoms with Crippen LogP contribution in [0.15, 0.2) is 6.33 Å². The second-order valence-corrected chi connectivity index (χ2v) is 9.89. The molecule has 4 rings (SSSR count). The Bertz CT molecular complexity index is 734. The molecule has 3 aliphatic heterocycles. The van der Waals surface area contributed by atoms with Crippen LogP contribution in [0, 0.1) is 10.8 Å². The maximum Gasteiger partial charge on any atom is 0.230 e. The van der Waals surface area contributed by atoms with E-state index in [4.69, 9.17) is 10.7 Å². The number of aromatic nitrogens is 3. The number of carbonyl (C=O) groups excluding carboxylic acids is 1. The van der Waals surface area contributed by atoms with Crippen molar-refractivity contribution in [2.75, 3.05) is 42.5 Å². The van der Waals surface area contributed by atoms with Crippen molar-refractivity contribution >= 4 is 17.8 Å². The van der Waals surface area contributed by atoms with E-state index < -0.39 is 0 Å². The third kappa shape index (κ3) is 3.32. The molecular weight excluding hydrogens is 354 g/mol. The summed E-state index contributed by atoms with van der Waals surface area (Å²) in [6.45, 7) is 13.2. The molecule has 1 aromatic heterocycles. The smallest absolute Gasteiger partial charge is 0.230 e. The third-order valence-electron chi connectivity index (χ3n) is 7.21. The highest BCUT2D eigenvalue weighted by Crippen LogP contribution is 2.45. The van der Waals surface area contributed by atoms with Crippen LogP contribution in [0.4, 0.5) is 11.9 Å². The first kappa shape index (κ1) is 19.4. The quantitative estimate of drug-likeness (QED) is 0.835. The molecule has 0 bridgehead atoms. The monoisotopic (exact) mass is 387 g/mol. The fourth-order valence-electron chi connectivity index (χ4n) is 4.65. The Balaban J connectivity index is 1.50. The van der Waals surface area contributed by atoms with Gasteiger partial charge in [-0.05, 0) is 23.7 Å². The number of likely N-dealkylation sites (tertiary alicyclic amines) is 1. The summed E-state index contributed by atoms with van der Waals surface area (Å²) in [4.78, 5) is 32.3. The van der Waals surface area contributed by atoms with Gasteiger partial charge in [0.1, 0.15) is 6.33 Å². The van der Waals surface area contributed by atoms with Crippen molar-refractivity contribution in [2.45, 2.75) is 59.0 Å². The maximum atomic E-state index is 12.3. The number of hydrogen-bond donors (Lipinski definition) is 1. The molecular formula is C20H33N7O. The van der Waals surface area contributed by atoms with Gasteiger partial charge in [0.2, 0.25) is 17.8 Å². The second-order valence-electron chi connectivity index (χ2n) is 9.89. The number of rotatable bonds is 3. The van der Waals surface area contributed by atoms with E-state index in [1.165, 1.54) is 0 Å². The number of carbonyl (C=O) groups is 1. The lowest BCUT2D eigenvalue weighted by molar-refractivity contribution is -0.135. The van der Waals surface area contributed by atoms with Crippen molar-refractivity contribution in [1.82, 2.24) is 19.9 Å². The van der Waals surface area contributed by atoms with Gasteiger partial charge in [0, 0.05) is 45.2 Å². The van der Waals surface area contributed by atoms with E-state index in [2.05, 4.69) is 47.5 Å². The number of nitrogens with two attached hydrogens (primary N) is 1. The van der Waals surface area contributed by atoms with E-state index in [9.17, 15) is 4.79 Å². The highest BCUT2D eigenvalue weighted by atomic mass is 16.2. The first-order valence-corrected chi connectivity index (χ1v) is 10.4. The summed E-state index contributed by atoms with van der Waals surface area (Å²) in [6, 6.07) is -0.0374. The Morgan fingerprint density at radius 3 is 2.29 bits per heavy atom. The minimum absolute atomic E-state index is 0.0395. The average Bonchev–Trinajstić information content (AvgIpc) is 3.12. The van der Waals surface area contributed by atoms with Crippen LogP contribution in [0.3, 0.4) is 0 Å². The molecule has 3 saturated heterocycles. The van der Waals surface area contributed by atoms with Crippen molar-refractivity contribution in [2.24, 2.45) is 16.6 Å². The maximum absolute atomic E-state index is 12.3. The Morgan fingerprint density at radius 2 is 1.64 bits per heavy atom. The van der Waals surface area contributed by atoms with Gasteiger partial charge >= 0.3 is 0 Å². The van der Waals surface area contributed by atoms with E-state index in [0.717, 1.165) is 38.4 Å². The predicted octanol–water partition coefficient (Wildman–Crippen LogP) is 1.27. The first-order valence-electron chi connectivity index (χ1n) is 10.4. The van der Waals surface area contributed by atoms with Crippen LogP contribution >= 0.6 is 0 Å². The van der Waals surface area contributed by atoms with Gasteiger partial charge in [0.05, 0.1) is 6.04 Å². The zero-order valence-electron chi connectivity index (χ0n) is 17.6. The van der Waals surface area contributed by atoms with Crippen molar-refractivity contribution < 1.29 is 4.79 Å². The Hall–Kier alpha value is -1.96. The van der Waals surface area contributed by atoms with Crippen LogP contribution in [0.1, 0.15) is 47.0 Å². The Labute approximate surface area is 167 Å². The molecule has 2 unspecified atom stereocenters. The molecule has 1 aromatic rings.